The van der Waals surface area contributed by atoms with Crippen molar-refractivity contribution >= 4 is 50.4 Å². The Hall–Kier alpha value is -3.93. The van der Waals surface area contributed by atoms with E-state index in [4.69, 9.17) is 15.7 Å². The second-order valence-electron chi connectivity index (χ2n) is 7.63. The minimum atomic E-state index is -0.279. The number of anilines is 2. The van der Waals surface area contributed by atoms with Crippen molar-refractivity contribution in [3.8, 4) is 0 Å². The lowest BCUT2D eigenvalue weighted by Gasteiger charge is -2.09. The van der Waals surface area contributed by atoms with Gasteiger partial charge in [-0.25, -0.2) is 9.97 Å². The van der Waals surface area contributed by atoms with Gasteiger partial charge >= 0.3 is 0 Å². The topological polar surface area (TPSA) is 85.8 Å². The lowest BCUT2D eigenvalue weighted by atomic mass is 10.1. The Balaban J connectivity index is 1.66. The summed E-state index contributed by atoms with van der Waals surface area (Å²) in [5.74, 6) is 0.121. The molecule has 0 aliphatic heterocycles. The average Bonchev–Trinajstić information content (AvgIpc) is 3.06. The van der Waals surface area contributed by atoms with Gasteiger partial charge in [-0.3, -0.25) is 4.79 Å². The van der Waals surface area contributed by atoms with Gasteiger partial charge in [0.15, 0.2) is 5.65 Å². The summed E-state index contributed by atoms with van der Waals surface area (Å²) >= 11 is 0. The Kier molecular flexibility index (Phi) is 4.75. The fourth-order valence-corrected chi connectivity index (χ4v) is 4.00. The molecule has 0 radical (unpaired) electrons. The van der Waals surface area contributed by atoms with Crippen LogP contribution in [0, 0.1) is 0 Å². The molecule has 0 bridgehead atoms. The summed E-state index contributed by atoms with van der Waals surface area (Å²) in [7, 11) is 0. The Morgan fingerprint density at radius 3 is 2.48 bits per heavy atom. The van der Waals surface area contributed by atoms with Gasteiger partial charge in [0, 0.05) is 17.6 Å². The molecular formula is C25H23N5O. The molecule has 0 atom stereocenters. The first-order chi connectivity index (χ1) is 15.2. The fraction of sp³-hybridized carbons (Fsp3) is 0.160. The largest absolute Gasteiger partial charge is 0.384 e. The third-order valence-electron chi connectivity index (χ3n) is 5.59. The Bertz CT molecular complexity index is 1430. The number of rotatable bonds is 5. The van der Waals surface area contributed by atoms with Crippen LogP contribution < -0.4 is 11.1 Å². The number of nitrogen functional groups attached to an aromatic ring is 1. The van der Waals surface area contributed by atoms with Gasteiger partial charge in [-0.05, 0) is 30.0 Å². The van der Waals surface area contributed by atoms with Crippen molar-refractivity contribution in [2.75, 3.05) is 11.1 Å². The summed E-state index contributed by atoms with van der Waals surface area (Å²) in [5, 5.41) is 5.09. The molecule has 0 aliphatic carbocycles. The number of nitrogens with two attached hydrogens (primary N) is 1. The van der Waals surface area contributed by atoms with E-state index in [0.717, 1.165) is 40.3 Å². The van der Waals surface area contributed by atoms with Gasteiger partial charge in [-0.15, -0.1) is 0 Å². The van der Waals surface area contributed by atoms with E-state index in [1.54, 1.807) is 0 Å². The highest BCUT2D eigenvalue weighted by molar-refractivity contribution is 6.17. The third-order valence-corrected chi connectivity index (χ3v) is 5.59. The number of nitrogens with one attached hydrogen (secondary N) is 1. The summed E-state index contributed by atoms with van der Waals surface area (Å²) in [5.41, 5.74) is 10.3. The van der Waals surface area contributed by atoms with Crippen LogP contribution in [-0.2, 0) is 6.54 Å². The number of carbonyl (C=O) groups excluding carboxylic acids is 1. The number of aromatic nitrogens is 3. The number of unbranched alkanes of at least 4 members (excludes halogenated alkanes) is 1. The molecule has 2 aromatic heterocycles. The van der Waals surface area contributed by atoms with Crippen LogP contribution in [0.1, 0.15) is 30.1 Å². The summed E-state index contributed by atoms with van der Waals surface area (Å²) in [6.45, 7) is 2.81. The predicted octanol–water partition coefficient (Wildman–Crippen LogP) is 5.37. The molecule has 3 aromatic carbocycles. The molecule has 5 aromatic rings. The van der Waals surface area contributed by atoms with E-state index >= 15 is 0 Å². The van der Waals surface area contributed by atoms with Crippen LogP contribution in [0.5, 0.6) is 0 Å². The molecule has 3 N–H and O–H groups in total. The van der Waals surface area contributed by atoms with Crippen molar-refractivity contribution in [3.05, 3.63) is 72.3 Å². The maximum Gasteiger partial charge on any atom is 0.261 e. The Labute approximate surface area is 179 Å². The van der Waals surface area contributed by atoms with E-state index in [1.807, 2.05) is 71.3 Å². The van der Waals surface area contributed by atoms with Gasteiger partial charge in [0.25, 0.3) is 5.91 Å². The van der Waals surface area contributed by atoms with E-state index in [2.05, 4.69) is 12.2 Å². The van der Waals surface area contributed by atoms with Crippen molar-refractivity contribution in [3.63, 3.8) is 0 Å². The second kappa shape index (κ2) is 7.72. The zero-order valence-corrected chi connectivity index (χ0v) is 17.3. The lowest BCUT2D eigenvalue weighted by molar-refractivity contribution is 0.102. The zero-order chi connectivity index (χ0) is 21.4. The molecule has 1 amide bonds. The van der Waals surface area contributed by atoms with Crippen LogP contribution in [-0.4, -0.2) is 20.4 Å². The molecule has 154 valence electrons. The predicted molar refractivity (Wildman–Crippen MR) is 126 cm³/mol. The number of carbonyl (C=O) groups is 1. The quantitative estimate of drug-likeness (QED) is 0.408. The number of nitrogens with zero attached hydrogens (tertiary/aromatic N) is 3. The summed E-state index contributed by atoms with van der Waals surface area (Å²) in [6.07, 6.45) is 1.95. The standard InChI is InChI=1S/C25H23N5O/c1-2-3-15-30-23(26)21(22-24(30)28-20-13-7-6-12-19(20)27-22)25(31)29-18-14-8-10-16-9-4-5-11-17(16)18/h4-14H,2-3,15,26H2,1H3,(H,29,31). The van der Waals surface area contributed by atoms with E-state index in [9.17, 15) is 4.79 Å². The number of fused-ring (bicyclic) bond motifs is 3. The number of hydrogen-bond donors (Lipinski definition) is 2. The van der Waals surface area contributed by atoms with Gasteiger partial charge in [-0.1, -0.05) is 61.9 Å². The van der Waals surface area contributed by atoms with Gasteiger partial charge in [0.05, 0.1) is 11.0 Å². The minimum Gasteiger partial charge on any atom is -0.384 e. The van der Waals surface area contributed by atoms with Gasteiger partial charge < -0.3 is 15.6 Å². The summed E-state index contributed by atoms with van der Waals surface area (Å²) < 4.78 is 1.91. The number of para-hydroxylation sites is 2. The molecular weight excluding hydrogens is 386 g/mol. The van der Waals surface area contributed by atoms with E-state index in [0.29, 0.717) is 29.1 Å². The Morgan fingerprint density at radius 2 is 1.68 bits per heavy atom. The van der Waals surface area contributed by atoms with Crippen LogP contribution in [0.15, 0.2) is 66.7 Å². The first-order valence-electron chi connectivity index (χ1n) is 10.5. The monoisotopic (exact) mass is 409 g/mol. The Morgan fingerprint density at radius 1 is 0.968 bits per heavy atom. The van der Waals surface area contributed by atoms with Gasteiger partial charge in [0.1, 0.15) is 16.9 Å². The highest BCUT2D eigenvalue weighted by Crippen LogP contribution is 2.30. The number of aryl methyl sites for hydroxylation is 1. The maximum absolute atomic E-state index is 13.4. The highest BCUT2D eigenvalue weighted by atomic mass is 16.1. The number of benzene rings is 3. The van der Waals surface area contributed by atoms with Crippen LogP contribution in [0.4, 0.5) is 11.5 Å². The second-order valence-corrected chi connectivity index (χ2v) is 7.63. The first-order valence-corrected chi connectivity index (χ1v) is 10.5. The molecule has 0 saturated heterocycles. The van der Waals surface area contributed by atoms with E-state index < -0.39 is 0 Å². The molecule has 0 saturated carbocycles. The van der Waals surface area contributed by atoms with Crippen LogP contribution in [0.3, 0.4) is 0 Å². The van der Waals surface area contributed by atoms with E-state index in [1.165, 1.54) is 0 Å². The maximum atomic E-state index is 13.4. The van der Waals surface area contributed by atoms with Crippen molar-refractivity contribution in [1.82, 2.24) is 14.5 Å². The summed E-state index contributed by atoms with van der Waals surface area (Å²) in [6, 6.07) is 21.5. The number of hydrogen-bond acceptors (Lipinski definition) is 4. The molecule has 6 heteroatoms. The zero-order valence-electron chi connectivity index (χ0n) is 17.3. The highest BCUT2D eigenvalue weighted by Gasteiger charge is 2.24. The van der Waals surface area contributed by atoms with Crippen molar-refractivity contribution in [2.24, 2.45) is 0 Å². The van der Waals surface area contributed by atoms with Crippen molar-refractivity contribution < 1.29 is 4.79 Å². The van der Waals surface area contributed by atoms with E-state index in [-0.39, 0.29) is 5.91 Å². The minimum absolute atomic E-state index is 0.279. The normalized spacial score (nSPS) is 11.4. The van der Waals surface area contributed by atoms with Gasteiger partial charge in [0.2, 0.25) is 0 Å². The van der Waals surface area contributed by atoms with Gasteiger partial charge in [-0.2, -0.15) is 0 Å². The SMILES string of the molecule is CCCCn1c(N)c(C(=O)Nc2cccc3ccccc23)c2nc3ccccc3nc21. The molecule has 2 heterocycles. The van der Waals surface area contributed by atoms with Crippen molar-refractivity contribution in [2.45, 2.75) is 26.3 Å². The first kappa shape index (κ1) is 19.1. The smallest absolute Gasteiger partial charge is 0.261 e. The summed E-state index contributed by atoms with van der Waals surface area (Å²) in [4.78, 5) is 23.0. The molecule has 0 unspecified atom stereocenters. The van der Waals surface area contributed by atoms with Crippen LogP contribution >= 0.6 is 0 Å². The number of amides is 1. The molecule has 5 rings (SSSR count). The fourth-order valence-electron chi connectivity index (χ4n) is 4.00. The average molecular weight is 409 g/mol. The molecule has 6 nitrogen and oxygen atoms in total. The third kappa shape index (κ3) is 3.26. The van der Waals surface area contributed by atoms with Crippen LogP contribution in [0.25, 0.3) is 33.0 Å². The molecule has 0 fully saturated rings. The molecule has 31 heavy (non-hydrogen) atoms. The van der Waals surface area contributed by atoms with Crippen LogP contribution in [0.2, 0.25) is 0 Å². The molecule has 0 aliphatic rings. The van der Waals surface area contributed by atoms with Crippen molar-refractivity contribution in [1.29, 1.82) is 0 Å². The lowest BCUT2D eigenvalue weighted by Crippen LogP contribution is -2.15. The molecule has 0 spiro atoms.